The van der Waals surface area contributed by atoms with Gasteiger partial charge in [0.25, 0.3) is 11.8 Å². The topological polar surface area (TPSA) is 62.3 Å². The number of hydrogen-bond acceptors (Lipinski definition) is 4. The number of fused-ring (bicyclic) bond motifs is 1. The van der Waals surface area contributed by atoms with E-state index in [0.29, 0.717) is 30.3 Å². The molecule has 1 N–H and O–H groups in total. The van der Waals surface area contributed by atoms with Crippen molar-refractivity contribution in [2.75, 3.05) is 13.1 Å². The summed E-state index contributed by atoms with van der Waals surface area (Å²) in [5.74, 6) is -0.123. The van der Waals surface area contributed by atoms with Crippen LogP contribution in [-0.2, 0) is 0 Å². The summed E-state index contributed by atoms with van der Waals surface area (Å²) in [7, 11) is 0. The zero-order chi connectivity index (χ0) is 25.4. The van der Waals surface area contributed by atoms with Crippen molar-refractivity contribution >= 4 is 33.9 Å². The largest absolute Gasteiger partial charge is 0.350 e. The van der Waals surface area contributed by atoms with Gasteiger partial charge in [-0.1, -0.05) is 48.5 Å². The summed E-state index contributed by atoms with van der Waals surface area (Å²) in [6.45, 7) is 1.02. The third-order valence-electron chi connectivity index (χ3n) is 7.30. The summed E-state index contributed by atoms with van der Waals surface area (Å²) >= 11 is 1.55. The smallest absolute Gasteiger partial charge is 0.274 e. The second kappa shape index (κ2) is 10.1. The lowest BCUT2D eigenvalue weighted by Crippen LogP contribution is -2.49. The van der Waals surface area contributed by atoms with Gasteiger partial charge in [0.05, 0.1) is 9.88 Å². The van der Waals surface area contributed by atoms with Gasteiger partial charge in [-0.25, -0.2) is 9.37 Å². The lowest BCUT2D eigenvalue weighted by atomic mass is 10.00. The molecule has 2 amide bonds. The van der Waals surface area contributed by atoms with E-state index in [2.05, 4.69) is 5.32 Å². The minimum absolute atomic E-state index is 0.104. The number of thiazole rings is 1. The van der Waals surface area contributed by atoms with E-state index in [1.54, 1.807) is 23.5 Å². The Hall–Kier alpha value is -3.58. The Morgan fingerprint density at radius 3 is 2.57 bits per heavy atom. The highest BCUT2D eigenvalue weighted by molar-refractivity contribution is 7.15. The fraction of sp³-hybridized carbons (Fsp3) is 0.300. The van der Waals surface area contributed by atoms with Gasteiger partial charge in [0, 0.05) is 30.6 Å². The molecule has 1 aliphatic carbocycles. The first-order chi connectivity index (χ1) is 18.1. The molecular formula is C30H28FN3O2S. The molecule has 0 bridgehead atoms. The van der Waals surface area contributed by atoms with E-state index in [-0.39, 0.29) is 23.7 Å². The predicted octanol–water partition coefficient (Wildman–Crippen LogP) is 6.40. The molecule has 37 heavy (non-hydrogen) atoms. The Labute approximate surface area is 219 Å². The first kappa shape index (κ1) is 23.8. The lowest BCUT2D eigenvalue weighted by Gasteiger charge is -2.35. The molecule has 0 radical (unpaired) electrons. The summed E-state index contributed by atoms with van der Waals surface area (Å²) in [6.07, 6.45) is 4.94. The van der Waals surface area contributed by atoms with Crippen LogP contribution in [0.3, 0.4) is 0 Å². The highest BCUT2D eigenvalue weighted by Gasteiger charge is 2.34. The molecule has 2 aliphatic rings. The standard InChI is InChI=1S/C30H28FN3O2S/c31-22-15-13-20(14-16-22)27-26(33-29(37-27)21-11-12-21)30(36)34-17-4-3-8-23(34)18-32-28(35)25-10-5-7-19-6-1-2-9-24(19)25/h1-2,5-7,9-10,13-16,21,23H,3-4,8,11-12,17-18H2,(H,32,35). The number of aromatic nitrogens is 1. The van der Waals surface area contributed by atoms with E-state index in [0.717, 1.165) is 58.3 Å². The molecule has 1 atom stereocenters. The van der Waals surface area contributed by atoms with Crippen LogP contribution in [0.1, 0.15) is 63.9 Å². The molecule has 2 fully saturated rings. The molecular weight excluding hydrogens is 485 g/mol. The molecule has 1 aromatic heterocycles. The number of piperidine rings is 1. The molecule has 1 saturated carbocycles. The molecule has 2 heterocycles. The first-order valence-corrected chi connectivity index (χ1v) is 13.7. The van der Waals surface area contributed by atoms with Crippen LogP contribution < -0.4 is 5.32 Å². The molecule has 1 unspecified atom stereocenters. The Balaban J connectivity index is 1.24. The maximum Gasteiger partial charge on any atom is 0.274 e. The summed E-state index contributed by atoms with van der Waals surface area (Å²) in [4.78, 5) is 34.5. The minimum atomic E-state index is -0.304. The maximum absolute atomic E-state index is 13.9. The predicted molar refractivity (Wildman–Crippen MR) is 144 cm³/mol. The van der Waals surface area contributed by atoms with Crippen LogP contribution in [0.4, 0.5) is 4.39 Å². The molecule has 1 saturated heterocycles. The van der Waals surface area contributed by atoms with E-state index in [4.69, 9.17) is 4.98 Å². The number of likely N-dealkylation sites (tertiary alicyclic amines) is 1. The van der Waals surface area contributed by atoms with Crippen molar-refractivity contribution in [3.05, 3.63) is 88.8 Å². The number of benzene rings is 3. The number of halogens is 1. The van der Waals surface area contributed by atoms with Crippen LogP contribution in [0.25, 0.3) is 21.2 Å². The second-order valence-corrected chi connectivity index (χ2v) is 10.9. The van der Waals surface area contributed by atoms with Gasteiger partial charge in [-0.05, 0) is 66.6 Å². The quantitative estimate of drug-likeness (QED) is 0.324. The molecule has 188 valence electrons. The minimum Gasteiger partial charge on any atom is -0.350 e. The van der Waals surface area contributed by atoms with Crippen molar-refractivity contribution in [2.24, 2.45) is 0 Å². The number of nitrogens with zero attached hydrogens (tertiary/aromatic N) is 2. The number of rotatable bonds is 6. The molecule has 7 heteroatoms. The van der Waals surface area contributed by atoms with E-state index in [1.165, 1.54) is 12.1 Å². The molecule has 3 aromatic carbocycles. The van der Waals surface area contributed by atoms with Crippen LogP contribution >= 0.6 is 11.3 Å². The van der Waals surface area contributed by atoms with Gasteiger partial charge in [-0.3, -0.25) is 9.59 Å². The Morgan fingerprint density at radius 1 is 0.973 bits per heavy atom. The lowest BCUT2D eigenvalue weighted by molar-refractivity contribution is 0.0598. The van der Waals surface area contributed by atoms with Crippen LogP contribution in [0.15, 0.2) is 66.7 Å². The fourth-order valence-corrected chi connectivity index (χ4v) is 6.36. The summed E-state index contributed by atoms with van der Waals surface area (Å²) in [5, 5.41) is 6.01. The number of amides is 2. The SMILES string of the molecule is O=C(NCC1CCCCN1C(=O)c1nc(C2CC2)sc1-c1ccc(F)cc1)c1cccc2ccccc12. The van der Waals surface area contributed by atoms with Crippen molar-refractivity contribution in [1.82, 2.24) is 15.2 Å². The third kappa shape index (κ3) is 4.88. The summed E-state index contributed by atoms with van der Waals surface area (Å²) < 4.78 is 13.6. The molecule has 5 nitrogen and oxygen atoms in total. The van der Waals surface area contributed by atoms with Gasteiger partial charge in [0.2, 0.25) is 0 Å². The molecule has 1 aliphatic heterocycles. The third-order valence-corrected chi connectivity index (χ3v) is 8.57. The average molecular weight is 514 g/mol. The van der Waals surface area contributed by atoms with Crippen LogP contribution in [0.5, 0.6) is 0 Å². The molecule has 4 aromatic rings. The zero-order valence-electron chi connectivity index (χ0n) is 20.5. The highest BCUT2D eigenvalue weighted by Crippen LogP contribution is 2.45. The molecule has 6 rings (SSSR count). The number of carbonyl (C=O) groups excluding carboxylic acids is 2. The van der Waals surface area contributed by atoms with Crippen molar-refractivity contribution < 1.29 is 14.0 Å². The average Bonchev–Trinajstić information content (AvgIpc) is 3.70. The summed E-state index contributed by atoms with van der Waals surface area (Å²) in [5.41, 5.74) is 1.90. The van der Waals surface area contributed by atoms with Crippen molar-refractivity contribution in [3.8, 4) is 10.4 Å². The number of carbonyl (C=O) groups is 2. The van der Waals surface area contributed by atoms with Crippen LogP contribution in [0, 0.1) is 5.82 Å². The summed E-state index contributed by atoms with van der Waals surface area (Å²) in [6, 6.07) is 19.7. The highest BCUT2D eigenvalue weighted by atomic mass is 32.1. The Kier molecular flexibility index (Phi) is 6.47. The first-order valence-electron chi connectivity index (χ1n) is 12.9. The van der Waals surface area contributed by atoms with E-state index in [1.807, 2.05) is 47.4 Å². The zero-order valence-corrected chi connectivity index (χ0v) is 21.3. The van der Waals surface area contributed by atoms with E-state index < -0.39 is 0 Å². The maximum atomic E-state index is 13.9. The van der Waals surface area contributed by atoms with Gasteiger partial charge in [0.1, 0.15) is 11.5 Å². The molecule has 0 spiro atoms. The Bertz CT molecular complexity index is 1460. The monoisotopic (exact) mass is 513 g/mol. The van der Waals surface area contributed by atoms with Gasteiger partial charge >= 0.3 is 0 Å². The second-order valence-electron chi connectivity index (χ2n) is 9.90. The van der Waals surface area contributed by atoms with E-state index >= 15 is 0 Å². The van der Waals surface area contributed by atoms with Crippen molar-refractivity contribution in [2.45, 2.75) is 44.1 Å². The van der Waals surface area contributed by atoms with Gasteiger partial charge in [-0.15, -0.1) is 11.3 Å². The van der Waals surface area contributed by atoms with Gasteiger partial charge in [-0.2, -0.15) is 0 Å². The van der Waals surface area contributed by atoms with Crippen molar-refractivity contribution in [3.63, 3.8) is 0 Å². The van der Waals surface area contributed by atoms with Gasteiger partial charge in [0.15, 0.2) is 0 Å². The van der Waals surface area contributed by atoms with E-state index in [9.17, 15) is 14.0 Å². The van der Waals surface area contributed by atoms with Crippen LogP contribution in [0.2, 0.25) is 0 Å². The van der Waals surface area contributed by atoms with Crippen LogP contribution in [-0.4, -0.2) is 40.8 Å². The fourth-order valence-electron chi connectivity index (χ4n) is 5.13. The van der Waals surface area contributed by atoms with Crippen molar-refractivity contribution in [1.29, 1.82) is 0 Å². The normalized spacial score (nSPS) is 17.6. The Morgan fingerprint density at radius 2 is 1.76 bits per heavy atom. The number of nitrogens with one attached hydrogen (secondary N) is 1. The van der Waals surface area contributed by atoms with Gasteiger partial charge < -0.3 is 10.2 Å². The number of hydrogen-bond donors (Lipinski definition) is 1.